The molecule has 1 fully saturated rings. The Labute approximate surface area is 179 Å². The molecule has 30 heavy (non-hydrogen) atoms. The van der Waals surface area contributed by atoms with Gasteiger partial charge in [-0.15, -0.1) is 0 Å². The van der Waals surface area contributed by atoms with E-state index >= 15 is 0 Å². The van der Waals surface area contributed by atoms with E-state index in [0.717, 1.165) is 47.2 Å². The maximum Gasteiger partial charge on any atom is 0.253 e. The first-order chi connectivity index (χ1) is 14.1. The Kier molecular flexibility index (Phi) is 5.84. The quantitative estimate of drug-likeness (QED) is 0.567. The van der Waals surface area contributed by atoms with Crippen LogP contribution in [-0.4, -0.2) is 16.7 Å². The minimum Gasteiger partial charge on any atom is -0.404 e. The molecular formula is C25H32N4O. The number of hydrogen-bond acceptors (Lipinski definition) is 3. The van der Waals surface area contributed by atoms with Crippen LogP contribution in [0.4, 0.5) is 0 Å². The van der Waals surface area contributed by atoms with Crippen molar-refractivity contribution in [3.05, 3.63) is 70.7 Å². The summed E-state index contributed by atoms with van der Waals surface area (Å²) in [5, 5.41) is 0. The van der Waals surface area contributed by atoms with Gasteiger partial charge in [-0.2, -0.15) is 4.99 Å². The maximum absolute atomic E-state index is 12.8. The molecular weight excluding hydrogens is 372 g/mol. The highest BCUT2D eigenvalue weighted by molar-refractivity contribution is 6.06. The first-order valence-electron chi connectivity index (χ1n) is 10.5. The second kappa shape index (κ2) is 8.05. The number of carbonyl (C=O) groups excluding carboxylic acids is 1. The molecule has 0 radical (unpaired) electrons. The normalized spacial score (nSPS) is 24.4. The van der Waals surface area contributed by atoms with Crippen molar-refractivity contribution in [1.29, 1.82) is 0 Å². The molecule has 2 aromatic rings. The van der Waals surface area contributed by atoms with Gasteiger partial charge in [-0.25, -0.2) is 0 Å². The van der Waals surface area contributed by atoms with E-state index in [0.29, 0.717) is 5.56 Å². The van der Waals surface area contributed by atoms with Crippen LogP contribution < -0.4 is 11.5 Å². The Morgan fingerprint density at radius 3 is 2.50 bits per heavy atom. The summed E-state index contributed by atoms with van der Waals surface area (Å²) >= 11 is 0. The number of nitrogens with two attached hydrogens (primary N) is 2. The van der Waals surface area contributed by atoms with Crippen molar-refractivity contribution >= 4 is 17.3 Å². The van der Waals surface area contributed by atoms with E-state index in [1.54, 1.807) is 12.4 Å². The highest BCUT2D eigenvalue weighted by Gasteiger charge is 2.52. The van der Waals surface area contributed by atoms with Gasteiger partial charge in [0.25, 0.3) is 5.91 Å². The Morgan fingerprint density at radius 2 is 1.90 bits per heavy atom. The number of amidine groups is 1. The number of carbonyl (C=O) groups is 1. The lowest BCUT2D eigenvalue weighted by atomic mass is 9.53. The molecule has 0 atom stereocenters. The molecule has 0 bridgehead atoms. The lowest BCUT2D eigenvalue weighted by Gasteiger charge is -2.50. The zero-order chi connectivity index (χ0) is 22.1. The van der Waals surface area contributed by atoms with Gasteiger partial charge in [0.2, 0.25) is 0 Å². The van der Waals surface area contributed by atoms with Gasteiger partial charge in [-0.1, -0.05) is 39.3 Å². The van der Waals surface area contributed by atoms with Crippen LogP contribution in [0.3, 0.4) is 0 Å². The van der Waals surface area contributed by atoms with Gasteiger partial charge in [-0.3, -0.25) is 9.78 Å². The molecule has 1 amide bonds. The van der Waals surface area contributed by atoms with Crippen LogP contribution in [0.2, 0.25) is 0 Å². The van der Waals surface area contributed by atoms with Crippen LogP contribution >= 0.6 is 0 Å². The summed E-state index contributed by atoms with van der Waals surface area (Å²) in [6.07, 6.45) is 6.10. The molecule has 0 aliphatic heterocycles. The van der Waals surface area contributed by atoms with Crippen LogP contribution in [0.5, 0.6) is 0 Å². The molecule has 1 saturated carbocycles. The summed E-state index contributed by atoms with van der Waals surface area (Å²) in [5.74, 6) is 0.101. The molecule has 4 N–H and O–H groups in total. The molecule has 1 heterocycles. The minimum atomic E-state index is -0.420. The van der Waals surface area contributed by atoms with Gasteiger partial charge in [0, 0.05) is 28.9 Å². The molecule has 1 aromatic carbocycles. The number of aliphatic imine (C=N–C) groups is 1. The number of aryl methyl sites for hydroxylation is 2. The number of hydrogen-bond donors (Lipinski definition) is 2. The van der Waals surface area contributed by atoms with Crippen molar-refractivity contribution in [2.24, 2.45) is 27.3 Å². The molecule has 1 aliphatic carbocycles. The summed E-state index contributed by atoms with van der Waals surface area (Å²) in [4.78, 5) is 21.6. The van der Waals surface area contributed by atoms with Gasteiger partial charge in [0.15, 0.2) is 0 Å². The molecule has 1 aliphatic rings. The van der Waals surface area contributed by atoms with E-state index in [1.807, 2.05) is 51.1 Å². The Morgan fingerprint density at radius 1 is 1.20 bits per heavy atom. The van der Waals surface area contributed by atoms with Gasteiger partial charge in [-0.05, 0) is 67.0 Å². The fourth-order valence-electron chi connectivity index (χ4n) is 4.61. The molecule has 0 spiro atoms. The monoisotopic (exact) mass is 404 g/mol. The SMILES string of the molecule is CCC1(C)CC(C)(C(=O)N=C(N)c2ccc(C)c(/C(=C/N)c3cc(C)ccn3)c2)C1. The predicted octanol–water partition coefficient (Wildman–Crippen LogP) is 4.49. The fourth-order valence-corrected chi connectivity index (χ4v) is 4.61. The number of benzene rings is 1. The topological polar surface area (TPSA) is 94.4 Å². The largest absolute Gasteiger partial charge is 0.404 e. The highest BCUT2D eigenvalue weighted by atomic mass is 16.1. The molecule has 3 rings (SSSR count). The third-order valence-corrected chi connectivity index (χ3v) is 6.41. The average Bonchev–Trinajstić information content (AvgIpc) is 2.68. The van der Waals surface area contributed by atoms with E-state index in [1.165, 1.54) is 0 Å². The van der Waals surface area contributed by atoms with Crippen LogP contribution in [0.15, 0.2) is 47.7 Å². The zero-order valence-electron chi connectivity index (χ0n) is 18.6. The van der Waals surface area contributed by atoms with Crippen molar-refractivity contribution in [3.8, 4) is 0 Å². The van der Waals surface area contributed by atoms with Crippen LogP contribution in [0, 0.1) is 24.7 Å². The van der Waals surface area contributed by atoms with Crippen LogP contribution in [0.1, 0.15) is 68.0 Å². The first-order valence-corrected chi connectivity index (χ1v) is 10.5. The Bertz CT molecular complexity index is 1030. The van der Waals surface area contributed by atoms with E-state index < -0.39 is 5.41 Å². The van der Waals surface area contributed by atoms with Crippen molar-refractivity contribution in [2.75, 3.05) is 0 Å². The van der Waals surface area contributed by atoms with Gasteiger partial charge >= 0.3 is 0 Å². The molecule has 1 aromatic heterocycles. The summed E-state index contributed by atoms with van der Waals surface area (Å²) in [6, 6.07) is 9.73. The third-order valence-electron chi connectivity index (χ3n) is 6.41. The molecule has 5 nitrogen and oxygen atoms in total. The third kappa shape index (κ3) is 4.16. The number of pyridine rings is 1. The lowest BCUT2D eigenvalue weighted by Crippen LogP contribution is -2.47. The molecule has 158 valence electrons. The Hall–Kier alpha value is -2.95. The summed E-state index contributed by atoms with van der Waals surface area (Å²) in [6.45, 7) is 10.4. The van der Waals surface area contributed by atoms with Crippen molar-refractivity contribution in [3.63, 3.8) is 0 Å². The highest BCUT2D eigenvalue weighted by Crippen LogP contribution is 2.56. The number of nitrogens with zero attached hydrogens (tertiary/aromatic N) is 2. The van der Waals surface area contributed by atoms with Crippen LogP contribution in [0.25, 0.3) is 5.57 Å². The Balaban J connectivity index is 1.91. The second-order valence-corrected chi connectivity index (χ2v) is 9.21. The average molecular weight is 405 g/mol. The summed E-state index contributed by atoms with van der Waals surface area (Å²) < 4.78 is 0. The summed E-state index contributed by atoms with van der Waals surface area (Å²) in [7, 11) is 0. The van der Waals surface area contributed by atoms with Gasteiger partial charge < -0.3 is 11.5 Å². The van der Waals surface area contributed by atoms with Gasteiger partial charge in [0.05, 0.1) is 5.69 Å². The first kappa shape index (κ1) is 21.8. The predicted molar refractivity (Wildman–Crippen MR) is 123 cm³/mol. The van der Waals surface area contributed by atoms with E-state index in [4.69, 9.17) is 11.5 Å². The van der Waals surface area contributed by atoms with E-state index in [2.05, 4.69) is 23.8 Å². The van der Waals surface area contributed by atoms with E-state index in [9.17, 15) is 4.79 Å². The zero-order valence-corrected chi connectivity index (χ0v) is 18.6. The standard InChI is InChI=1S/C25H32N4O/c1-6-24(4)14-25(5,15-24)23(30)29-22(27)18-8-7-17(3)19(12-18)20(13-26)21-11-16(2)9-10-28-21/h7-13H,6,14-15,26H2,1-5H3,(H2,27,29,30)/b20-13-. The second-order valence-electron chi connectivity index (χ2n) is 9.21. The number of rotatable bonds is 5. The van der Waals surface area contributed by atoms with Gasteiger partial charge in [0.1, 0.15) is 5.84 Å². The summed E-state index contributed by atoms with van der Waals surface area (Å²) in [5.41, 5.74) is 17.4. The minimum absolute atomic E-state index is 0.136. The fraction of sp³-hybridized carbons (Fsp3) is 0.400. The van der Waals surface area contributed by atoms with Crippen molar-refractivity contribution in [2.45, 2.75) is 53.9 Å². The van der Waals surface area contributed by atoms with E-state index in [-0.39, 0.29) is 17.2 Å². The lowest BCUT2D eigenvalue weighted by molar-refractivity contribution is -0.139. The number of aromatic nitrogens is 1. The van der Waals surface area contributed by atoms with Crippen molar-refractivity contribution in [1.82, 2.24) is 4.98 Å². The maximum atomic E-state index is 12.8. The molecule has 5 heteroatoms. The van der Waals surface area contributed by atoms with Crippen LogP contribution in [-0.2, 0) is 4.79 Å². The molecule has 0 saturated heterocycles. The molecule has 0 unspecified atom stereocenters. The smallest absolute Gasteiger partial charge is 0.253 e. The number of amides is 1. The van der Waals surface area contributed by atoms with Crippen molar-refractivity contribution < 1.29 is 4.79 Å².